The zero-order valence-corrected chi connectivity index (χ0v) is 7.75. The summed E-state index contributed by atoms with van der Waals surface area (Å²) in [6, 6.07) is 0. The zero-order chi connectivity index (χ0) is 10.0. The minimum atomic E-state index is -1.05. The Kier molecular flexibility index (Phi) is 3.63. The van der Waals surface area contributed by atoms with Crippen molar-refractivity contribution in [1.29, 1.82) is 0 Å². The molecule has 0 aliphatic carbocycles. The fourth-order valence-corrected chi connectivity index (χ4v) is 1.47. The van der Waals surface area contributed by atoms with Crippen molar-refractivity contribution in [2.24, 2.45) is 5.92 Å². The van der Waals surface area contributed by atoms with Gasteiger partial charge in [-0.15, -0.1) is 0 Å². The number of aliphatic hydroxyl groups is 3. The number of hydrogen-bond donors (Lipinski definition) is 3. The molecule has 3 N–H and O–H groups in total. The average Bonchev–Trinajstić information content (AvgIpc) is 2.15. The van der Waals surface area contributed by atoms with Crippen molar-refractivity contribution in [2.45, 2.75) is 31.5 Å². The molecule has 1 rings (SSSR count). The number of methoxy groups -OCH3 is 1. The summed E-state index contributed by atoms with van der Waals surface area (Å²) in [6.07, 6.45) is -3.31. The van der Waals surface area contributed by atoms with Crippen LogP contribution in [0.4, 0.5) is 0 Å². The molecule has 0 amide bonds. The second kappa shape index (κ2) is 4.34. The van der Waals surface area contributed by atoms with Crippen LogP contribution in [0.2, 0.25) is 0 Å². The van der Waals surface area contributed by atoms with Gasteiger partial charge in [0.2, 0.25) is 0 Å². The Morgan fingerprint density at radius 3 is 2.38 bits per heavy atom. The van der Waals surface area contributed by atoms with Crippen LogP contribution in [-0.4, -0.2) is 53.6 Å². The van der Waals surface area contributed by atoms with Crippen molar-refractivity contribution in [1.82, 2.24) is 0 Å². The Balaban J connectivity index is 2.66. The number of hydrogen-bond acceptors (Lipinski definition) is 5. The molecule has 1 aliphatic heterocycles. The van der Waals surface area contributed by atoms with Gasteiger partial charge in [0.15, 0.2) is 6.29 Å². The van der Waals surface area contributed by atoms with Crippen molar-refractivity contribution in [3.8, 4) is 0 Å². The minimum Gasteiger partial charge on any atom is -0.394 e. The van der Waals surface area contributed by atoms with Crippen LogP contribution in [0, 0.1) is 5.92 Å². The molecule has 5 nitrogen and oxygen atoms in total. The normalized spacial score (nSPS) is 46.4. The summed E-state index contributed by atoms with van der Waals surface area (Å²) < 4.78 is 10.0. The summed E-state index contributed by atoms with van der Waals surface area (Å²) in [5, 5.41) is 27.9. The lowest BCUT2D eigenvalue weighted by atomic mass is 9.91. The van der Waals surface area contributed by atoms with Gasteiger partial charge < -0.3 is 24.8 Å². The Morgan fingerprint density at radius 1 is 1.31 bits per heavy atom. The molecule has 0 aromatic rings. The Labute approximate surface area is 76.9 Å². The first-order valence-electron chi connectivity index (χ1n) is 4.27. The van der Waals surface area contributed by atoms with Gasteiger partial charge in [-0.05, 0) is 0 Å². The molecule has 1 fully saturated rings. The Morgan fingerprint density at radius 2 is 1.92 bits per heavy atom. The molecule has 78 valence electrons. The first-order chi connectivity index (χ1) is 6.11. The molecule has 5 heteroatoms. The van der Waals surface area contributed by atoms with E-state index in [1.165, 1.54) is 7.11 Å². The maximum Gasteiger partial charge on any atom is 0.186 e. The quantitative estimate of drug-likeness (QED) is 0.507. The molecule has 0 saturated carbocycles. The number of aliphatic hydroxyl groups excluding tert-OH is 3. The molecule has 0 bridgehead atoms. The van der Waals surface area contributed by atoms with Crippen molar-refractivity contribution in [2.75, 3.05) is 13.7 Å². The van der Waals surface area contributed by atoms with Gasteiger partial charge in [0.05, 0.1) is 18.8 Å². The number of rotatable bonds is 2. The summed E-state index contributed by atoms with van der Waals surface area (Å²) in [6.45, 7) is 1.52. The highest BCUT2D eigenvalue weighted by Gasteiger charge is 2.41. The third kappa shape index (κ3) is 2.00. The lowest BCUT2D eigenvalue weighted by Crippen LogP contribution is -2.55. The van der Waals surface area contributed by atoms with E-state index in [-0.39, 0.29) is 12.5 Å². The molecule has 1 aliphatic rings. The molecule has 0 aromatic heterocycles. The van der Waals surface area contributed by atoms with Crippen molar-refractivity contribution < 1.29 is 24.8 Å². The summed E-state index contributed by atoms with van der Waals surface area (Å²) in [4.78, 5) is 0. The molecule has 1 heterocycles. The largest absolute Gasteiger partial charge is 0.394 e. The molecule has 0 spiro atoms. The molecule has 0 radical (unpaired) electrons. The maximum absolute atomic E-state index is 9.53. The standard InChI is InChI=1S/C8H16O5/c1-4-5(3-9)13-8(12-2)7(11)6(4)10/h4-11H,3H2,1-2H3/t4-,5?,6+,7?,8-/m1/s1. The van der Waals surface area contributed by atoms with E-state index in [1.54, 1.807) is 6.92 Å². The van der Waals surface area contributed by atoms with Crippen molar-refractivity contribution in [3.63, 3.8) is 0 Å². The van der Waals surface area contributed by atoms with Crippen LogP contribution in [0.1, 0.15) is 6.92 Å². The van der Waals surface area contributed by atoms with Crippen LogP contribution < -0.4 is 0 Å². The third-order valence-corrected chi connectivity index (χ3v) is 2.48. The van der Waals surface area contributed by atoms with Crippen molar-refractivity contribution >= 4 is 0 Å². The summed E-state index contributed by atoms with van der Waals surface area (Å²) in [7, 11) is 1.38. The van der Waals surface area contributed by atoms with Gasteiger partial charge in [0.1, 0.15) is 6.10 Å². The average molecular weight is 192 g/mol. The highest BCUT2D eigenvalue weighted by atomic mass is 16.7. The van der Waals surface area contributed by atoms with Crippen LogP contribution in [0.25, 0.3) is 0 Å². The van der Waals surface area contributed by atoms with Gasteiger partial charge in [0.25, 0.3) is 0 Å². The first-order valence-corrected chi connectivity index (χ1v) is 4.27. The highest BCUT2D eigenvalue weighted by Crippen LogP contribution is 2.25. The second-order valence-corrected chi connectivity index (χ2v) is 3.30. The van der Waals surface area contributed by atoms with E-state index in [0.29, 0.717) is 0 Å². The summed E-state index contributed by atoms with van der Waals surface area (Å²) >= 11 is 0. The van der Waals surface area contributed by atoms with E-state index < -0.39 is 24.6 Å². The van der Waals surface area contributed by atoms with E-state index in [2.05, 4.69) is 0 Å². The molecule has 13 heavy (non-hydrogen) atoms. The zero-order valence-electron chi connectivity index (χ0n) is 7.75. The highest BCUT2D eigenvalue weighted by molar-refractivity contribution is 4.86. The molecule has 2 unspecified atom stereocenters. The van der Waals surface area contributed by atoms with Crippen LogP contribution >= 0.6 is 0 Å². The predicted octanol–water partition coefficient (Wildman–Crippen LogP) is -1.29. The van der Waals surface area contributed by atoms with E-state index in [1.807, 2.05) is 0 Å². The molecule has 5 atom stereocenters. The van der Waals surface area contributed by atoms with Gasteiger partial charge in [-0.1, -0.05) is 6.92 Å². The lowest BCUT2D eigenvalue weighted by Gasteiger charge is -2.40. The fourth-order valence-electron chi connectivity index (χ4n) is 1.47. The third-order valence-electron chi connectivity index (χ3n) is 2.48. The van der Waals surface area contributed by atoms with Gasteiger partial charge in [-0.25, -0.2) is 0 Å². The van der Waals surface area contributed by atoms with E-state index in [9.17, 15) is 10.2 Å². The predicted molar refractivity (Wildman–Crippen MR) is 43.9 cm³/mol. The van der Waals surface area contributed by atoms with E-state index >= 15 is 0 Å². The monoisotopic (exact) mass is 192 g/mol. The smallest absolute Gasteiger partial charge is 0.186 e. The maximum atomic E-state index is 9.53. The van der Waals surface area contributed by atoms with Gasteiger partial charge in [-0.2, -0.15) is 0 Å². The van der Waals surface area contributed by atoms with Gasteiger partial charge in [0, 0.05) is 13.0 Å². The SMILES string of the molecule is CO[C@@H]1OC(CO)[C@@H](C)[C@H](O)C1O. The fraction of sp³-hybridized carbons (Fsp3) is 1.00. The number of ether oxygens (including phenoxy) is 2. The van der Waals surface area contributed by atoms with Crippen LogP contribution in [-0.2, 0) is 9.47 Å². The molecule has 0 aromatic carbocycles. The minimum absolute atomic E-state index is 0.190. The molecular formula is C8H16O5. The first kappa shape index (κ1) is 10.9. The topological polar surface area (TPSA) is 79.2 Å². The van der Waals surface area contributed by atoms with Crippen LogP contribution in [0.3, 0.4) is 0 Å². The summed E-state index contributed by atoms with van der Waals surface area (Å²) in [5.41, 5.74) is 0. The van der Waals surface area contributed by atoms with Gasteiger partial charge >= 0.3 is 0 Å². The lowest BCUT2D eigenvalue weighted by molar-refractivity contribution is -0.280. The van der Waals surface area contributed by atoms with E-state index in [4.69, 9.17) is 14.6 Å². The molecular weight excluding hydrogens is 176 g/mol. The molecule has 1 saturated heterocycles. The van der Waals surface area contributed by atoms with Crippen LogP contribution in [0.15, 0.2) is 0 Å². The Hall–Kier alpha value is -0.200. The van der Waals surface area contributed by atoms with Gasteiger partial charge in [-0.3, -0.25) is 0 Å². The second-order valence-electron chi connectivity index (χ2n) is 3.30. The summed E-state index contributed by atoms with van der Waals surface area (Å²) in [5.74, 6) is -0.300. The van der Waals surface area contributed by atoms with E-state index in [0.717, 1.165) is 0 Å². The van der Waals surface area contributed by atoms with Crippen LogP contribution in [0.5, 0.6) is 0 Å². The Bertz CT molecular complexity index is 143. The van der Waals surface area contributed by atoms with Crippen molar-refractivity contribution in [3.05, 3.63) is 0 Å².